The van der Waals surface area contributed by atoms with Crippen molar-refractivity contribution in [3.05, 3.63) is 0 Å². The molecule has 2 N–H and O–H groups in total. The SMILES string of the molecule is CC1C(NC(=O)OC(C)(C)C)C(=O)NC12CN(C(=O)OC(C)(C)C)C2=O. The van der Waals surface area contributed by atoms with Crippen molar-refractivity contribution in [3.63, 3.8) is 0 Å². The van der Waals surface area contributed by atoms with Gasteiger partial charge in [0.2, 0.25) is 5.91 Å². The highest BCUT2D eigenvalue weighted by atomic mass is 16.6. The Bertz CT molecular complexity index is 648. The number of β-lactam (4-membered cyclic amide) rings is 1. The van der Waals surface area contributed by atoms with E-state index in [1.54, 1.807) is 48.5 Å². The van der Waals surface area contributed by atoms with Crippen LogP contribution < -0.4 is 10.6 Å². The third-order valence-corrected chi connectivity index (χ3v) is 4.23. The number of amides is 4. The normalized spacial score (nSPS) is 28.5. The van der Waals surface area contributed by atoms with Crippen LogP contribution in [0.25, 0.3) is 0 Å². The number of carbonyl (C=O) groups excluding carboxylic acids is 4. The molecule has 2 rings (SSSR count). The molecule has 0 aromatic carbocycles. The van der Waals surface area contributed by atoms with E-state index < -0.39 is 52.7 Å². The number of likely N-dealkylation sites (tertiary alicyclic amines) is 1. The van der Waals surface area contributed by atoms with Gasteiger partial charge in [-0.3, -0.25) is 9.59 Å². The van der Waals surface area contributed by atoms with Crippen molar-refractivity contribution in [3.8, 4) is 0 Å². The zero-order valence-corrected chi connectivity index (χ0v) is 16.3. The van der Waals surface area contributed by atoms with Crippen LogP contribution in [0.5, 0.6) is 0 Å². The summed E-state index contributed by atoms with van der Waals surface area (Å²) in [5, 5.41) is 5.13. The third kappa shape index (κ3) is 3.76. The van der Waals surface area contributed by atoms with Gasteiger partial charge in [0.15, 0.2) is 0 Å². The van der Waals surface area contributed by atoms with Crippen LogP contribution in [0.1, 0.15) is 48.5 Å². The zero-order valence-electron chi connectivity index (χ0n) is 16.3. The summed E-state index contributed by atoms with van der Waals surface area (Å²) < 4.78 is 10.3. The first-order chi connectivity index (χ1) is 11.7. The minimum atomic E-state index is -1.21. The second-order valence-corrected chi connectivity index (χ2v) is 8.74. The number of carbonyl (C=O) groups is 4. The van der Waals surface area contributed by atoms with Gasteiger partial charge in [0.25, 0.3) is 5.91 Å². The largest absolute Gasteiger partial charge is 0.444 e. The first-order valence-electron chi connectivity index (χ1n) is 8.53. The van der Waals surface area contributed by atoms with Crippen LogP contribution in [0, 0.1) is 5.92 Å². The molecule has 2 saturated heterocycles. The van der Waals surface area contributed by atoms with E-state index in [1.165, 1.54) is 0 Å². The van der Waals surface area contributed by atoms with Crippen molar-refractivity contribution in [2.45, 2.75) is 71.2 Å². The number of imide groups is 1. The molecule has 1 spiro atoms. The Hall–Kier alpha value is -2.32. The van der Waals surface area contributed by atoms with E-state index in [-0.39, 0.29) is 6.54 Å². The van der Waals surface area contributed by atoms with Gasteiger partial charge in [0, 0.05) is 5.92 Å². The minimum absolute atomic E-state index is 0.000151. The number of ether oxygens (including phenoxy) is 2. The van der Waals surface area contributed by atoms with Gasteiger partial charge in [-0.2, -0.15) is 0 Å². The number of hydrogen-bond acceptors (Lipinski definition) is 6. The van der Waals surface area contributed by atoms with Crippen molar-refractivity contribution in [2.24, 2.45) is 5.92 Å². The zero-order chi connectivity index (χ0) is 20.1. The van der Waals surface area contributed by atoms with Crippen molar-refractivity contribution < 1.29 is 28.7 Å². The van der Waals surface area contributed by atoms with Gasteiger partial charge in [0.1, 0.15) is 22.8 Å². The summed E-state index contributed by atoms with van der Waals surface area (Å²) in [6, 6.07) is -0.922. The summed E-state index contributed by atoms with van der Waals surface area (Å²) in [5.74, 6) is -1.57. The predicted molar refractivity (Wildman–Crippen MR) is 91.1 cm³/mol. The van der Waals surface area contributed by atoms with Crippen LogP contribution in [-0.4, -0.2) is 58.2 Å². The molecule has 2 heterocycles. The standard InChI is InChI=1S/C17H27N3O6/c1-9-10(18-13(23)25-15(2,3)4)11(21)19-17(9)8-20(12(17)22)14(24)26-16(5,6)7/h9-10H,8H2,1-7H3,(H,18,23)(H,19,21). The van der Waals surface area contributed by atoms with Crippen LogP contribution in [0.4, 0.5) is 9.59 Å². The maximum absolute atomic E-state index is 12.6. The topological polar surface area (TPSA) is 114 Å². The van der Waals surface area contributed by atoms with E-state index in [9.17, 15) is 19.2 Å². The van der Waals surface area contributed by atoms with E-state index in [0.29, 0.717) is 0 Å². The Labute approximate surface area is 152 Å². The maximum atomic E-state index is 12.6. The highest BCUT2D eigenvalue weighted by Crippen LogP contribution is 2.38. The molecule has 0 aliphatic carbocycles. The number of nitrogens with zero attached hydrogens (tertiary/aromatic N) is 1. The highest BCUT2D eigenvalue weighted by Gasteiger charge is 2.66. The van der Waals surface area contributed by atoms with Gasteiger partial charge in [-0.15, -0.1) is 0 Å². The quantitative estimate of drug-likeness (QED) is 0.671. The third-order valence-electron chi connectivity index (χ3n) is 4.23. The molecule has 146 valence electrons. The molecule has 2 aliphatic heterocycles. The number of nitrogens with one attached hydrogen (secondary N) is 2. The second kappa shape index (κ2) is 6.14. The van der Waals surface area contributed by atoms with Gasteiger partial charge in [-0.05, 0) is 41.5 Å². The Kier molecular flexibility index (Phi) is 4.72. The minimum Gasteiger partial charge on any atom is -0.444 e. The number of rotatable bonds is 1. The molecule has 2 fully saturated rings. The van der Waals surface area contributed by atoms with Gasteiger partial charge in [-0.1, -0.05) is 6.92 Å². The van der Waals surface area contributed by atoms with E-state index in [1.807, 2.05) is 0 Å². The van der Waals surface area contributed by atoms with Crippen LogP contribution >= 0.6 is 0 Å². The fourth-order valence-electron chi connectivity index (χ4n) is 2.98. The average molecular weight is 369 g/mol. The first-order valence-corrected chi connectivity index (χ1v) is 8.53. The van der Waals surface area contributed by atoms with Gasteiger partial charge in [-0.25, -0.2) is 14.5 Å². The van der Waals surface area contributed by atoms with Crippen molar-refractivity contribution in [1.29, 1.82) is 0 Å². The summed E-state index contributed by atoms with van der Waals surface area (Å²) in [5.41, 5.74) is -2.65. The van der Waals surface area contributed by atoms with Gasteiger partial charge < -0.3 is 20.1 Å². The molecule has 4 amide bonds. The summed E-state index contributed by atoms with van der Waals surface area (Å²) >= 11 is 0. The van der Waals surface area contributed by atoms with Gasteiger partial charge in [0.05, 0.1) is 6.54 Å². The Balaban J connectivity index is 2.05. The lowest BCUT2D eigenvalue weighted by Crippen LogP contribution is -2.75. The van der Waals surface area contributed by atoms with Crippen molar-refractivity contribution in [2.75, 3.05) is 6.54 Å². The molecule has 3 unspecified atom stereocenters. The van der Waals surface area contributed by atoms with Crippen LogP contribution in [-0.2, 0) is 19.1 Å². The molecule has 26 heavy (non-hydrogen) atoms. The first kappa shape index (κ1) is 20.0. The fourth-order valence-corrected chi connectivity index (χ4v) is 2.98. The van der Waals surface area contributed by atoms with Crippen LogP contribution in [0.3, 0.4) is 0 Å². The maximum Gasteiger partial charge on any atom is 0.417 e. The molecule has 0 aromatic rings. The summed E-state index contributed by atoms with van der Waals surface area (Å²) in [7, 11) is 0. The van der Waals surface area contributed by atoms with E-state index in [4.69, 9.17) is 9.47 Å². The predicted octanol–water partition coefficient (Wildman–Crippen LogP) is 1.16. The Morgan fingerprint density at radius 1 is 1.12 bits per heavy atom. The molecule has 2 aliphatic rings. The molecule has 0 aromatic heterocycles. The molecule has 0 saturated carbocycles. The number of hydrogen-bond donors (Lipinski definition) is 2. The fraction of sp³-hybridized carbons (Fsp3) is 0.765. The molecule has 9 heteroatoms. The molecule has 3 atom stereocenters. The summed E-state index contributed by atoms with van der Waals surface area (Å²) in [6.45, 7) is 11.9. The Morgan fingerprint density at radius 3 is 2.12 bits per heavy atom. The lowest BCUT2D eigenvalue weighted by atomic mass is 9.77. The highest BCUT2D eigenvalue weighted by molar-refractivity contribution is 6.08. The lowest BCUT2D eigenvalue weighted by Gasteiger charge is -2.47. The van der Waals surface area contributed by atoms with Crippen LogP contribution in [0.2, 0.25) is 0 Å². The lowest BCUT2D eigenvalue weighted by molar-refractivity contribution is -0.153. The molecular formula is C17H27N3O6. The average Bonchev–Trinajstić information content (AvgIpc) is 2.67. The molecule has 0 radical (unpaired) electrons. The number of alkyl carbamates (subject to hydrolysis) is 1. The summed E-state index contributed by atoms with van der Waals surface area (Å²) in [6.07, 6.45) is -1.49. The molecular weight excluding hydrogens is 342 g/mol. The Morgan fingerprint density at radius 2 is 1.65 bits per heavy atom. The van der Waals surface area contributed by atoms with Crippen molar-refractivity contribution >= 4 is 24.0 Å². The summed E-state index contributed by atoms with van der Waals surface area (Å²) in [4.78, 5) is 49.9. The molecule has 0 bridgehead atoms. The van der Waals surface area contributed by atoms with E-state index in [0.717, 1.165) is 4.90 Å². The van der Waals surface area contributed by atoms with Gasteiger partial charge >= 0.3 is 12.2 Å². The van der Waals surface area contributed by atoms with E-state index >= 15 is 0 Å². The van der Waals surface area contributed by atoms with Crippen LogP contribution in [0.15, 0.2) is 0 Å². The van der Waals surface area contributed by atoms with E-state index in [2.05, 4.69) is 10.6 Å². The monoisotopic (exact) mass is 369 g/mol. The van der Waals surface area contributed by atoms with Crippen molar-refractivity contribution in [1.82, 2.24) is 15.5 Å². The molecule has 9 nitrogen and oxygen atoms in total. The second-order valence-electron chi connectivity index (χ2n) is 8.74. The smallest absolute Gasteiger partial charge is 0.417 e.